The van der Waals surface area contributed by atoms with Crippen LogP contribution in [0.3, 0.4) is 0 Å². The first-order valence-corrected chi connectivity index (χ1v) is 9.75. The van der Waals surface area contributed by atoms with Gasteiger partial charge >= 0.3 is 0 Å². The summed E-state index contributed by atoms with van der Waals surface area (Å²) in [5.41, 5.74) is 4.40. The van der Waals surface area contributed by atoms with E-state index >= 15 is 0 Å². The third-order valence-corrected chi connectivity index (χ3v) is 5.96. The summed E-state index contributed by atoms with van der Waals surface area (Å²) < 4.78 is 12.0. The van der Waals surface area contributed by atoms with Crippen molar-refractivity contribution in [3.8, 4) is 0 Å². The van der Waals surface area contributed by atoms with Gasteiger partial charge in [-0.2, -0.15) is 0 Å². The van der Waals surface area contributed by atoms with Gasteiger partial charge in [-0.1, -0.05) is 74.4 Å². The molecule has 3 heteroatoms. The van der Waals surface area contributed by atoms with Crippen LogP contribution < -0.4 is 5.30 Å². The molecule has 1 aromatic carbocycles. The highest BCUT2D eigenvalue weighted by Crippen LogP contribution is 2.48. The van der Waals surface area contributed by atoms with Crippen molar-refractivity contribution in [2.75, 3.05) is 13.2 Å². The number of hydrogen-bond donors (Lipinski definition) is 0. The first-order valence-electron chi connectivity index (χ1n) is 8.57. The SMILES string of the molecule is CC(C)(C)c1cc(C(C)(C)C)c(P2OCCO2)c(C(C)(C)C)c1. The topological polar surface area (TPSA) is 18.5 Å². The molecule has 0 aromatic heterocycles. The van der Waals surface area contributed by atoms with E-state index in [4.69, 9.17) is 9.05 Å². The van der Waals surface area contributed by atoms with Crippen LogP contribution in [0.15, 0.2) is 12.1 Å². The van der Waals surface area contributed by atoms with Gasteiger partial charge in [-0.25, -0.2) is 0 Å². The average Bonchev–Trinajstić information content (AvgIpc) is 2.87. The Bertz CT molecular complexity index is 530. The molecule has 0 spiro atoms. The Morgan fingerprint density at radius 2 is 1.09 bits per heavy atom. The monoisotopic (exact) mass is 336 g/mol. The predicted octanol–water partition coefficient (Wildman–Crippen LogP) is 5.56. The summed E-state index contributed by atoms with van der Waals surface area (Å²) in [5, 5.41) is 1.31. The Labute approximate surface area is 143 Å². The Balaban J connectivity index is 2.80. The van der Waals surface area contributed by atoms with Gasteiger partial charge in [0.15, 0.2) is 0 Å². The van der Waals surface area contributed by atoms with E-state index < -0.39 is 8.38 Å². The van der Waals surface area contributed by atoms with E-state index in [2.05, 4.69) is 74.4 Å². The van der Waals surface area contributed by atoms with Gasteiger partial charge in [-0.05, 0) is 32.9 Å². The van der Waals surface area contributed by atoms with Crippen LogP contribution in [-0.4, -0.2) is 13.2 Å². The molecule has 1 aliphatic rings. The van der Waals surface area contributed by atoms with E-state index in [9.17, 15) is 0 Å². The summed E-state index contributed by atoms with van der Waals surface area (Å²) in [5.74, 6) is 0. The molecule has 0 aliphatic carbocycles. The second kappa shape index (κ2) is 6.14. The molecule has 1 saturated heterocycles. The van der Waals surface area contributed by atoms with Crippen molar-refractivity contribution in [2.24, 2.45) is 0 Å². The first kappa shape index (κ1) is 18.9. The van der Waals surface area contributed by atoms with Crippen LogP contribution in [-0.2, 0) is 25.3 Å². The van der Waals surface area contributed by atoms with Crippen molar-refractivity contribution in [3.63, 3.8) is 0 Å². The molecule has 0 atom stereocenters. The smallest absolute Gasteiger partial charge is 0.205 e. The molecular formula is C20H33O2P. The molecule has 1 aromatic rings. The zero-order chi connectivity index (χ0) is 17.6. The summed E-state index contributed by atoms with van der Waals surface area (Å²) in [6.45, 7) is 22.0. The Hall–Kier alpha value is -0.430. The van der Waals surface area contributed by atoms with E-state index in [-0.39, 0.29) is 16.2 Å². The first-order chi connectivity index (χ1) is 10.3. The van der Waals surface area contributed by atoms with Gasteiger partial charge in [-0.15, -0.1) is 0 Å². The average molecular weight is 336 g/mol. The molecule has 2 rings (SSSR count). The lowest BCUT2D eigenvalue weighted by Crippen LogP contribution is -2.31. The van der Waals surface area contributed by atoms with Gasteiger partial charge in [0.1, 0.15) is 0 Å². The van der Waals surface area contributed by atoms with Crippen LogP contribution in [0.25, 0.3) is 0 Å². The lowest BCUT2D eigenvalue weighted by Gasteiger charge is -2.34. The number of hydrogen-bond acceptors (Lipinski definition) is 2. The van der Waals surface area contributed by atoms with Gasteiger partial charge in [0.2, 0.25) is 8.38 Å². The van der Waals surface area contributed by atoms with E-state index in [1.807, 2.05) is 0 Å². The van der Waals surface area contributed by atoms with Gasteiger partial charge in [-0.3, -0.25) is 0 Å². The Kier molecular flexibility index (Phi) is 5.04. The molecule has 0 unspecified atom stereocenters. The molecule has 0 bridgehead atoms. The second-order valence-corrected chi connectivity index (χ2v) is 11.1. The molecule has 1 heterocycles. The Morgan fingerprint density at radius 3 is 1.39 bits per heavy atom. The lowest BCUT2D eigenvalue weighted by atomic mass is 9.75. The van der Waals surface area contributed by atoms with Gasteiger partial charge < -0.3 is 9.05 Å². The van der Waals surface area contributed by atoms with Gasteiger partial charge in [0, 0.05) is 5.30 Å². The largest absolute Gasteiger partial charge is 0.328 e. The minimum atomic E-state index is -0.959. The maximum atomic E-state index is 5.98. The van der Waals surface area contributed by atoms with Crippen LogP contribution in [0.1, 0.15) is 79.0 Å². The minimum Gasteiger partial charge on any atom is -0.328 e. The molecule has 1 fully saturated rings. The molecule has 1 aliphatic heterocycles. The third-order valence-electron chi connectivity index (χ3n) is 4.27. The van der Waals surface area contributed by atoms with Crippen LogP contribution in [0.5, 0.6) is 0 Å². The third kappa shape index (κ3) is 4.16. The lowest BCUT2D eigenvalue weighted by molar-refractivity contribution is 0.365. The predicted molar refractivity (Wildman–Crippen MR) is 101 cm³/mol. The highest BCUT2D eigenvalue weighted by Gasteiger charge is 2.35. The summed E-state index contributed by atoms with van der Waals surface area (Å²) in [4.78, 5) is 0. The zero-order valence-electron chi connectivity index (χ0n) is 16.3. The van der Waals surface area contributed by atoms with Crippen molar-refractivity contribution < 1.29 is 9.05 Å². The molecule has 0 radical (unpaired) electrons. The van der Waals surface area contributed by atoms with E-state index in [1.165, 1.54) is 22.0 Å². The molecular weight excluding hydrogens is 303 g/mol. The Morgan fingerprint density at radius 1 is 0.696 bits per heavy atom. The summed E-state index contributed by atoms with van der Waals surface area (Å²) >= 11 is 0. The molecule has 23 heavy (non-hydrogen) atoms. The van der Waals surface area contributed by atoms with E-state index in [0.717, 1.165) is 0 Å². The van der Waals surface area contributed by atoms with Crippen molar-refractivity contribution in [1.29, 1.82) is 0 Å². The van der Waals surface area contributed by atoms with E-state index in [1.54, 1.807) is 0 Å². The van der Waals surface area contributed by atoms with Crippen molar-refractivity contribution in [3.05, 3.63) is 28.8 Å². The molecule has 130 valence electrons. The minimum absolute atomic E-state index is 0.0637. The molecule has 0 amide bonds. The fourth-order valence-electron chi connectivity index (χ4n) is 2.81. The highest BCUT2D eigenvalue weighted by molar-refractivity contribution is 7.56. The summed E-state index contributed by atoms with van der Waals surface area (Å²) in [6, 6.07) is 4.77. The normalized spacial score (nSPS) is 17.8. The van der Waals surface area contributed by atoms with Gasteiger partial charge in [0.05, 0.1) is 13.2 Å². The summed E-state index contributed by atoms with van der Waals surface area (Å²) in [7, 11) is -0.959. The van der Waals surface area contributed by atoms with E-state index in [0.29, 0.717) is 13.2 Å². The van der Waals surface area contributed by atoms with Crippen molar-refractivity contribution >= 4 is 13.7 Å². The second-order valence-electron chi connectivity index (χ2n) is 9.59. The van der Waals surface area contributed by atoms with Gasteiger partial charge in [0.25, 0.3) is 0 Å². The number of benzene rings is 1. The maximum Gasteiger partial charge on any atom is 0.205 e. The fourth-order valence-corrected chi connectivity index (χ4v) is 4.82. The van der Waals surface area contributed by atoms with Crippen LogP contribution in [0.2, 0.25) is 0 Å². The zero-order valence-corrected chi connectivity index (χ0v) is 17.2. The maximum absolute atomic E-state index is 5.98. The summed E-state index contributed by atoms with van der Waals surface area (Å²) in [6.07, 6.45) is 0. The van der Waals surface area contributed by atoms with Crippen LogP contribution in [0.4, 0.5) is 0 Å². The molecule has 0 N–H and O–H groups in total. The number of rotatable bonds is 1. The van der Waals surface area contributed by atoms with Crippen LogP contribution >= 0.6 is 8.38 Å². The van der Waals surface area contributed by atoms with Crippen molar-refractivity contribution in [1.82, 2.24) is 0 Å². The molecule has 0 saturated carbocycles. The standard InChI is InChI=1S/C20H33O2P/c1-18(2,3)14-12-15(19(4,5)6)17(23-21-10-11-22-23)16(13-14)20(7,8)9/h12-13H,10-11H2,1-9H3. The van der Waals surface area contributed by atoms with Crippen molar-refractivity contribution in [2.45, 2.75) is 78.6 Å². The highest BCUT2D eigenvalue weighted by atomic mass is 31.2. The fraction of sp³-hybridized carbons (Fsp3) is 0.700. The van der Waals surface area contributed by atoms with Crippen LogP contribution in [0, 0.1) is 0 Å². The quantitative estimate of drug-likeness (QED) is 0.625. The molecule has 2 nitrogen and oxygen atoms in total.